The van der Waals surface area contributed by atoms with Gasteiger partial charge in [-0.3, -0.25) is 9.69 Å². The number of aryl methyl sites for hydroxylation is 1. The zero-order valence-electron chi connectivity index (χ0n) is 22.6. The van der Waals surface area contributed by atoms with E-state index in [9.17, 15) is 4.79 Å². The van der Waals surface area contributed by atoms with Crippen molar-refractivity contribution in [3.63, 3.8) is 0 Å². The molecule has 4 rings (SSSR count). The number of hydrogen-bond acceptors (Lipinski definition) is 5. The third-order valence-electron chi connectivity index (χ3n) is 6.78. The first-order chi connectivity index (χ1) is 17.9. The standard InChI is InChI=1S/C28H35Cl2N5O2.2ClH/c1-4-7-25-32-27(20(2)35(25)21-10-12-22(37-3)13-11-21)28(36)31-14-6-15-33-16-18-34(19-17-33)24-9-5-8-23(29)26(24)30;;/h5,8-13H,4,6-7,14-19H2,1-3H3,(H,31,36);2*1H. The fourth-order valence-electron chi connectivity index (χ4n) is 4.78. The Morgan fingerprint density at radius 3 is 2.38 bits per heavy atom. The maximum Gasteiger partial charge on any atom is 0.271 e. The minimum absolute atomic E-state index is 0. The quantitative estimate of drug-likeness (QED) is 0.273. The Morgan fingerprint density at radius 2 is 1.74 bits per heavy atom. The summed E-state index contributed by atoms with van der Waals surface area (Å²) >= 11 is 12.6. The Kier molecular flexibility index (Phi) is 13.2. The van der Waals surface area contributed by atoms with Crippen LogP contribution < -0.4 is 15.0 Å². The summed E-state index contributed by atoms with van der Waals surface area (Å²) in [6, 6.07) is 13.6. The number of benzene rings is 2. The van der Waals surface area contributed by atoms with E-state index in [4.69, 9.17) is 32.9 Å². The average molecular weight is 617 g/mol. The number of ether oxygens (including phenoxy) is 1. The van der Waals surface area contributed by atoms with E-state index in [1.807, 2.05) is 49.4 Å². The van der Waals surface area contributed by atoms with Crippen LogP contribution >= 0.6 is 48.0 Å². The minimum Gasteiger partial charge on any atom is -0.497 e. The number of carbonyl (C=O) groups is 1. The minimum atomic E-state index is -0.123. The van der Waals surface area contributed by atoms with Gasteiger partial charge in [-0.05, 0) is 62.7 Å². The normalized spacial score (nSPS) is 13.4. The number of imidazole rings is 1. The van der Waals surface area contributed by atoms with Gasteiger partial charge >= 0.3 is 0 Å². The lowest BCUT2D eigenvalue weighted by molar-refractivity contribution is 0.0946. The molecule has 1 aromatic heterocycles. The van der Waals surface area contributed by atoms with Crippen LogP contribution in [-0.2, 0) is 6.42 Å². The number of nitrogens with zero attached hydrogens (tertiary/aromatic N) is 4. The van der Waals surface area contributed by atoms with Crippen LogP contribution in [0.3, 0.4) is 0 Å². The lowest BCUT2D eigenvalue weighted by atomic mass is 10.2. The van der Waals surface area contributed by atoms with Crippen molar-refractivity contribution in [2.45, 2.75) is 33.1 Å². The SMILES string of the molecule is CCCc1nc(C(=O)NCCCN2CCN(c3cccc(Cl)c3Cl)CC2)c(C)n1-c1ccc(OC)cc1.Cl.Cl. The summed E-state index contributed by atoms with van der Waals surface area (Å²) in [4.78, 5) is 22.4. The zero-order chi connectivity index (χ0) is 26.4. The highest BCUT2D eigenvalue weighted by molar-refractivity contribution is 6.43. The molecule has 0 aliphatic carbocycles. The first-order valence-corrected chi connectivity index (χ1v) is 13.6. The molecular weight excluding hydrogens is 580 g/mol. The molecule has 39 heavy (non-hydrogen) atoms. The van der Waals surface area contributed by atoms with Crippen LogP contribution in [0.15, 0.2) is 42.5 Å². The number of halogens is 4. The number of aromatic nitrogens is 2. The van der Waals surface area contributed by atoms with Crippen molar-refractivity contribution in [2.75, 3.05) is 51.3 Å². The molecule has 0 atom stereocenters. The van der Waals surface area contributed by atoms with E-state index < -0.39 is 0 Å². The molecule has 0 saturated carbocycles. The Bertz CT molecular complexity index is 1210. The molecule has 1 aliphatic rings. The summed E-state index contributed by atoms with van der Waals surface area (Å²) in [7, 11) is 1.65. The number of rotatable bonds is 10. The van der Waals surface area contributed by atoms with Gasteiger partial charge in [0.15, 0.2) is 0 Å². The maximum atomic E-state index is 13.0. The zero-order valence-corrected chi connectivity index (χ0v) is 25.7. The van der Waals surface area contributed by atoms with Crippen LogP contribution in [0.1, 0.15) is 41.8 Å². The van der Waals surface area contributed by atoms with Gasteiger partial charge in [0.05, 0.1) is 28.5 Å². The van der Waals surface area contributed by atoms with Crippen molar-refractivity contribution in [2.24, 2.45) is 0 Å². The number of nitrogens with one attached hydrogen (secondary N) is 1. The Morgan fingerprint density at radius 1 is 1.05 bits per heavy atom. The number of piperazine rings is 1. The Balaban J connectivity index is 0.00000267. The number of methoxy groups -OCH3 is 1. The van der Waals surface area contributed by atoms with Gasteiger partial charge in [0, 0.05) is 44.8 Å². The van der Waals surface area contributed by atoms with Gasteiger partial charge in [-0.25, -0.2) is 4.98 Å². The van der Waals surface area contributed by atoms with E-state index in [2.05, 4.69) is 26.6 Å². The molecule has 214 valence electrons. The molecule has 0 radical (unpaired) electrons. The second-order valence-electron chi connectivity index (χ2n) is 9.26. The molecule has 1 amide bonds. The Hall–Kier alpha value is -2.16. The molecule has 2 heterocycles. The van der Waals surface area contributed by atoms with E-state index in [-0.39, 0.29) is 30.7 Å². The first kappa shape index (κ1) is 33.0. The van der Waals surface area contributed by atoms with E-state index in [1.54, 1.807) is 7.11 Å². The van der Waals surface area contributed by atoms with Crippen molar-refractivity contribution >= 4 is 59.6 Å². The second kappa shape index (κ2) is 15.6. The monoisotopic (exact) mass is 615 g/mol. The molecule has 0 unspecified atom stereocenters. The van der Waals surface area contributed by atoms with Gasteiger partial charge < -0.3 is 19.5 Å². The highest BCUT2D eigenvalue weighted by atomic mass is 35.5. The van der Waals surface area contributed by atoms with Crippen molar-refractivity contribution in [1.29, 1.82) is 0 Å². The van der Waals surface area contributed by atoms with Crippen molar-refractivity contribution < 1.29 is 9.53 Å². The van der Waals surface area contributed by atoms with Crippen molar-refractivity contribution in [1.82, 2.24) is 19.8 Å². The third-order valence-corrected chi connectivity index (χ3v) is 7.59. The highest BCUT2D eigenvalue weighted by Gasteiger charge is 2.21. The van der Waals surface area contributed by atoms with Crippen LogP contribution in [0.2, 0.25) is 10.0 Å². The van der Waals surface area contributed by atoms with Gasteiger partial charge in [-0.2, -0.15) is 0 Å². The Labute approximate surface area is 253 Å². The number of carbonyl (C=O) groups excluding carboxylic acids is 1. The molecule has 1 N–H and O–H groups in total. The average Bonchev–Trinajstić information content (AvgIpc) is 3.24. The molecule has 1 fully saturated rings. The molecule has 2 aromatic carbocycles. The maximum absolute atomic E-state index is 13.0. The summed E-state index contributed by atoms with van der Waals surface area (Å²) in [6.07, 6.45) is 2.63. The highest BCUT2D eigenvalue weighted by Crippen LogP contribution is 2.32. The molecule has 0 spiro atoms. The summed E-state index contributed by atoms with van der Waals surface area (Å²) in [5, 5.41) is 4.28. The van der Waals surface area contributed by atoms with Gasteiger partial charge in [-0.1, -0.05) is 36.2 Å². The molecule has 0 bridgehead atoms. The van der Waals surface area contributed by atoms with Crippen LogP contribution in [0.4, 0.5) is 5.69 Å². The van der Waals surface area contributed by atoms with Crippen LogP contribution in [0, 0.1) is 6.92 Å². The predicted octanol–water partition coefficient (Wildman–Crippen LogP) is 6.23. The van der Waals surface area contributed by atoms with Crippen LogP contribution in [-0.4, -0.2) is 66.7 Å². The molecule has 1 saturated heterocycles. The van der Waals surface area contributed by atoms with E-state index in [0.29, 0.717) is 22.3 Å². The van der Waals surface area contributed by atoms with Gasteiger partial charge in [0.2, 0.25) is 0 Å². The fraction of sp³-hybridized carbons (Fsp3) is 0.429. The largest absolute Gasteiger partial charge is 0.497 e. The molecule has 1 aliphatic heterocycles. The summed E-state index contributed by atoms with van der Waals surface area (Å²) in [5.41, 5.74) is 3.31. The molecule has 3 aromatic rings. The first-order valence-electron chi connectivity index (χ1n) is 12.8. The number of hydrogen-bond donors (Lipinski definition) is 1. The van der Waals surface area contributed by atoms with Gasteiger partial charge in [0.1, 0.15) is 17.3 Å². The van der Waals surface area contributed by atoms with E-state index >= 15 is 0 Å². The number of amides is 1. The van der Waals surface area contributed by atoms with Gasteiger partial charge in [-0.15, -0.1) is 24.8 Å². The predicted molar refractivity (Wildman–Crippen MR) is 165 cm³/mol. The molecular formula is C28H37Cl4N5O2. The lowest BCUT2D eigenvalue weighted by Crippen LogP contribution is -2.47. The number of anilines is 1. The topological polar surface area (TPSA) is 62.6 Å². The van der Waals surface area contributed by atoms with Crippen molar-refractivity contribution in [3.05, 3.63) is 69.7 Å². The fourth-order valence-corrected chi connectivity index (χ4v) is 5.19. The lowest BCUT2D eigenvalue weighted by Gasteiger charge is -2.36. The second-order valence-corrected chi connectivity index (χ2v) is 10.0. The molecule has 11 heteroatoms. The summed E-state index contributed by atoms with van der Waals surface area (Å²) < 4.78 is 7.36. The van der Waals surface area contributed by atoms with E-state index in [1.165, 1.54) is 0 Å². The van der Waals surface area contributed by atoms with Crippen LogP contribution in [0.5, 0.6) is 5.75 Å². The van der Waals surface area contributed by atoms with Crippen molar-refractivity contribution in [3.8, 4) is 11.4 Å². The van der Waals surface area contributed by atoms with Crippen LogP contribution in [0.25, 0.3) is 5.69 Å². The summed E-state index contributed by atoms with van der Waals surface area (Å²) in [5.74, 6) is 1.57. The molecule has 7 nitrogen and oxygen atoms in total. The third kappa shape index (κ3) is 7.95. The van der Waals surface area contributed by atoms with E-state index in [0.717, 1.165) is 80.6 Å². The summed E-state index contributed by atoms with van der Waals surface area (Å²) in [6.45, 7) is 9.30. The van der Waals surface area contributed by atoms with Gasteiger partial charge in [0.25, 0.3) is 5.91 Å². The smallest absolute Gasteiger partial charge is 0.271 e.